The van der Waals surface area contributed by atoms with Crippen molar-refractivity contribution in [3.05, 3.63) is 48.3 Å². The first-order valence-electron chi connectivity index (χ1n) is 5.70. The summed E-state index contributed by atoms with van der Waals surface area (Å²) in [4.78, 5) is 10.8. The Bertz CT molecular complexity index is 508. The molecule has 5 nitrogen and oxygen atoms in total. The lowest BCUT2D eigenvalue weighted by Crippen LogP contribution is -2.12. The number of para-hydroxylation sites is 1. The number of carboxylic acids is 1. The van der Waals surface area contributed by atoms with Crippen LogP contribution in [-0.2, 0) is 6.54 Å². The van der Waals surface area contributed by atoms with Gasteiger partial charge in [-0.3, -0.25) is 4.68 Å². The first-order valence-corrected chi connectivity index (χ1v) is 5.70. The van der Waals surface area contributed by atoms with Gasteiger partial charge in [0.15, 0.2) is 0 Å². The summed E-state index contributed by atoms with van der Waals surface area (Å²) in [5.74, 6) is -0.145. The van der Waals surface area contributed by atoms with Crippen molar-refractivity contribution in [2.75, 3.05) is 6.61 Å². The van der Waals surface area contributed by atoms with Gasteiger partial charge in [0, 0.05) is 19.2 Å². The molecule has 94 valence electrons. The summed E-state index contributed by atoms with van der Waals surface area (Å²) in [5.41, 5.74) is 0.203. The lowest BCUT2D eigenvalue weighted by atomic mass is 10.3. The fraction of sp³-hybridized carbons (Fsp3) is 0.231. The van der Waals surface area contributed by atoms with Gasteiger partial charge in [0.1, 0.15) is 11.4 Å². The Kier molecular flexibility index (Phi) is 3.96. The average molecular weight is 246 g/mol. The topological polar surface area (TPSA) is 64.3 Å². The van der Waals surface area contributed by atoms with E-state index in [1.165, 1.54) is 16.9 Å². The standard InChI is InChI=1S/C13H14N2O3/c16-13(17)12-7-8-14-15(12)9-4-10-18-11-5-2-1-3-6-11/h1-3,5-8H,4,9-10H2,(H,16,17). The molecule has 0 fully saturated rings. The number of aryl methyl sites for hydroxylation is 1. The maximum atomic E-state index is 10.8. The van der Waals surface area contributed by atoms with Crippen LogP contribution in [0.15, 0.2) is 42.6 Å². The van der Waals surface area contributed by atoms with Gasteiger partial charge in [0.25, 0.3) is 0 Å². The molecule has 1 heterocycles. The van der Waals surface area contributed by atoms with Gasteiger partial charge in [-0.15, -0.1) is 0 Å². The Hall–Kier alpha value is -2.30. The van der Waals surface area contributed by atoms with Crippen molar-refractivity contribution in [3.63, 3.8) is 0 Å². The Morgan fingerprint density at radius 2 is 2.06 bits per heavy atom. The second kappa shape index (κ2) is 5.86. The molecule has 0 bridgehead atoms. The minimum absolute atomic E-state index is 0.203. The van der Waals surface area contributed by atoms with Crippen LogP contribution in [0.2, 0.25) is 0 Å². The Balaban J connectivity index is 1.79. The Morgan fingerprint density at radius 3 is 2.78 bits per heavy atom. The van der Waals surface area contributed by atoms with Crippen molar-refractivity contribution in [2.45, 2.75) is 13.0 Å². The maximum Gasteiger partial charge on any atom is 0.354 e. The highest BCUT2D eigenvalue weighted by atomic mass is 16.5. The van der Waals surface area contributed by atoms with E-state index in [0.29, 0.717) is 19.6 Å². The molecular formula is C13H14N2O3. The predicted octanol–water partition coefficient (Wildman–Crippen LogP) is 2.05. The highest BCUT2D eigenvalue weighted by Crippen LogP contribution is 2.08. The number of hydrogen-bond donors (Lipinski definition) is 1. The molecule has 0 amide bonds. The first-order chi connectivity index (χ1) is 8.77. The molecule has 18 heavy (non-hydrogen) atoms. The van der Waals surface area contributed by atoms with Crippen LogP contribution in [0.3, 0.4) is 0 Å². The molecule has 0 aliphatic rings. The van der Waals surface area contributed by atoms with Crippen molar-refractivity contribution < 1.29 is 14.6 Å². The number of hydrogen-bond acceptors (Lipinski definition) is 3. The van der Waals surface area contributed by atoms with Gasteiger partial charge in [-0.1, -0.05) is 18.2 Å². The van der Waals surface area contributed by atoms with E-state index in [4.69, 9.17) is 9.84 Å². The third kappa shape index (κ3) is 3.10. The molecular weight excluding hydrogens is 232 g/mol. The lowest BCUT2D eigenvalue weighted by Gasteiger charge is -2.07. The average Bonchev–Trinajstić information content (AvgIpc) is 2.84. The highest BCUT2D eigenvalue weighted by Gasteiger charge is 2.09. The number of aromatic nitrogens is 2. The second-order valence-corrected chi connectivity index (χ2v) is 3.76. The zero-order chi connectivity index (χ0) is 12.8. The third-order valence-electron chi connectivity index (χ3n) is 2.46. The largest absolute Gasteiger partial charge is 0.494 e. The summed E-state index contributed by atoms with van der Waals surface area (Å²) in [7, 11) is 0. The molecule has 0 radical (unpaired) electrons. The van der Waals surface area contributed by atoms with E-state index in [-0.39, 0.29) is 5.69 Å². The number of carboxylic acid groups (broad SMARTS) is 1. The molecule has 0 aliphatic heterocycles. The summed E-state index contributed by atoms with van der Waals surface area (Å²) in [6.45, 7) is 1.06. The highest BCUT2D eigenvalue weighted by molar-refractivity contribution is 5.85. The fourth-order valence-electron chi connectivity index (χ4n) is 1.61. The molecule has 0 saturated carbocycles. The normalized spacial score (nSPS) is 10.2. The summed E-state index contributed by atoms with van der Waals surface area (Å²) in [5, 5.41) is 12.9. The zero-order valence-electron chi connectivity index (χ0n) is 9.82. The summed E-state index contributed by atoms with van der Waals surface area (Å²) < 4.78 is 6.99. The van der Waals surface area contributed by atoms with Crippen LogP contribution < -0.4 is 4.74 Å². The minimum atomic E-state index is -0.962. The number of nitrogens with zero attached hydrogens (tertiary/aromatic N) is 2. The van der Waals surface area contributed by atoms with Gasteiger partial charge in [0.2, 0.25) is 0 Å². The Morgan fingerprint density at radius 1 is 1.28 bits per heavy atom. The number of benzene rings is 1. The molecule has 0 atom stereocenters. The van der Waals surface area contributed by atoms with Crippen molar-refractivity contribution in [1.29, 1.82) is 0 Å². The SMILES string of the molecule is O=C(O)c1ccnn1CCCOc1ccccc1. The van der Waals surface area contributed by atoms with Crippen molar-refractivity contribution in [2.24, 2.45) is 0 Å². The smallest absolute Gasteiger partial charge is 0.354 e. The maximum absolute atomic E-state index is 10.8. The van der Waals surface area contributed by atoms with Crippen molar-refractivity contribution >= 4 is 5.97 Å². The van der Waals surface area contributed by atoms with Crippen molar-refractivity contribution in [1.82, 2.24) is 9.78 Å². The summed E-state index contributed by atoms with van der Waals surface area (Å²) >= 11 is 0. The molecule has 1 aromatic carbocycles. The molecule has 1 aromatic heterocycles. The van der Waals surface area contributed by atoms with E-state index in [1.807, 2.05) is 30.3 Å². The van der Waals surface area contributed by atoms with Crippen LogP contribution >= 0.6 is 0 Å². The third-order valence-corrected chi connectivity index (χ3v) is 2.46. The summed E-state index contributed by atoms with van der Waals surface area (Å²) in [6.07, 6.45) is 2.19. The van der Waals surface area contributed by atoms with E-state index in [1.54, 1.807) is 0 Å². The molecule has 0 spiro atoms. The molecule has 0 saturated heterocycles. The van der Waals surface area contributed by atoms with Crippen LogP contribution in [0.4, 0.5) is 0 Å². The lowest BCUT2D eigenvalue weighted by molar-refractivity contribution is 0.0682. The molecule has 2 aromatic rings. The quantitative estimate of drug-likeness (QED) is 0.792. The Labute approximate surface area is 105 Å². The van der Waals surface area contributed by atoms with E-state index in [9.17, 15) is 4.79 Å². The van der Waals surface area contributed by atoms with Crippen LogP contribution in [0.25, 0.3) is 0 Å². The van der Waals surface area contributed by atoms with E-state index < -0.39 is 5.97 Å². The van der Waals surface area contributed by atoms with Gasteiger partial charge < -0.3 is 9.84 Å². The van der Waals surface area contributed by atoms with Crippen molar-refractivity contribution in [3.8, 4) is 5.75 Å². The second-order valence-electron chi connectivity index (χ2n) is 3.76. The number of aromatic carboxylic acids is 1. The number of rotatable bonds is 6. The predicted molar refractivity (Wildman–Crippen MR) is 65.7 cm³/mol. The molecule has 0 aliphatic carbocycles. The van der Waals surface area contributed by atoms with Crippen LogP contribution in [0, 0.1) is 0 Å². The molecule has 5 heteroatoms. The molecule has 1 N–H and O–H groups in total. The number of carbonyl (C=O) groups is 1. The summed E-state index contributed by atoms with van der Waals surface area (Å²) in [6, 6.07) is 11.0. The van der Waals surface area contributed by atoms with Gasteiger partial charge in [0.05, 0.1) is 6.61 Å². The molecule has 2 rings (SSSR count). The van der Waals surface area contributed by atoms with Gasteiger partial charge in [-0.05, 0) is 18.2 Å². The van der Waals surface area contributed by atoms with Crippen LogP contribution in [-0.4, -0.2) is 27.5 Å². The van der Waals surface area contributed by atoms with Gasteiger partial charge in [-0.2, -0.15) is 5.10 Å². The van der Waals surface area contributed by atoms with Crippen LogP contribution in [0.1, 0.15) is 16.9 Å². The van der Waals surface area contributed by atoms with E-state index >= 15 is 0 Å². The van der Waals surface area contributed by atoms with E-state index in [0.717, 1.165) is 5.75 Å². The first kappa shape index (κ1) is 12.2. The van der Waals surface area contributed by atoms with Crippen LogP contribution in [0.5, 0.6) is 5.75 Å². The number of ether oxygens (including phenoxy) is 1. The fourth-order valence-corrected chi connectivity index (χ4v) is 1.61. The molecule has 0 unspecified atom stereocenters. The van der Waals surface area contributed by atoms with E-state index in [2.05, 4.69) is 5.10 Å². The van der Waals surface area contributed by atoms with Gasteiger partial charge >= 0.3 is 5.97 Å². The minimum Gasteiger partial charge on any atom is -0.494 e. The van der Waals surface area contributed by atoms with Gasteiger partial charge in [-0.25, -0.2) is 4.79 Å². The zero-order valence-corrected chi connectivity index (χ0v) is 9.82. The monoisotopic (exact) mass is 246 g/mol.